The molecule has 1 aromatic heterocycles. The highest BCUT2D eigenvalue weighted by molar-refractivity contribution is 7.18. The first-order chi connectivity index (χ1) is 12.1. The number of carboxylic acid groups (broad SMARTS) is 2. The number of anilines is 1. The second-order valence-corrected chi connectivity index (χ2v) is 7.04. The normalized spacial score (nSPS) is 10.9. The van der Waals surface area contributed by atoms with Gasteiger partial charge in [-0.05, 0) is 32.3 Å². The Morgan fingerprint density at radius 3 is 2.08 bits per heavy atom. The molecule has 8 nitrogen and oxygen atoms in total. The lowest BCUT2D eigenvalue weighted by Gasteiger charge is -2.26. The number of nitriles is 1. The van der Waals surface area contributed by atoms with Crippen molar-refractivity contribution in [3.8, 4) is 6.07 Å². The van der Waals surface area contributed by atoms with Crippen molar-refractivity contribution in [1.29, 1.82) is 5.26 Å². The molecule has 2 N–H and O–H groups in total. The van der Waals surface area contributed by atoms with E-state index in [2.05, 4.69) is 0 Å². The van der Waals surface area contributed by atoms with Crippen LogP contribution in [0.4, 0.5) is 5.00 Å². The van der Waals surface area contributed by atoms with Crippen LogP contribution in [0.2, 0.25) is 0 Å². The number of thiophene rings is 1. The zero-order chi connectivity index (χ0) is 20.1. The number of ether oxygens (including phenoxy) is 1. The number of aliphatic carboxylic acids is 2. The lowest BCUT2D eigenvalue weighted by atomic mass is 10.00. The van der Waals surface area contributed by atoms with Gasteiger partial charge in [-0.3, -0.25) is 9.59 Å². The molecule has 0 fully saturated rings. The molecular weight excluding hydrogens is 360 g/mol. The van der Waals surface area contributed by atoms with Crippen molar-refractivity contribution in [1.82, 2.24) is 0 Å². The molecule has 26 heavy (non-hydrogen) atoms. The summed E-state index contributed by atoms with van der Waals surface area (Å²) >= 11 is 0.875. The van der Waals surface area contributed by atoms with Gasteiger partial charge in [0, 0.05) is 0 Å². The van der Waals surface area contributed by atoms with E-state index in [1.54, 1.807) is 13.8 Å². The molecule has 0 radical (unpaired) electrons. The number of hydrogen-bond acceptors (Lipinski definition) is 7. The largest absolute Gasteiger partial charge is 0.480 e. The van der Waals surface area contributed by atoms with Crippen LogP contribution in [0, 0.1) is 18.3 Å². The van der Waals surface area contributed by atoms with Crippen molar-refractivity contribution in [3.05, 3.63) is 16.0 Å². The van der Waals surface area contributed by atoms with Gasteiger partial charge in [0.1, 0.15) is 34.6 Å². The first-order valence-corrected chi connectivity index (χ1v) is 8.85. The number of carbonyl (C=O) groups is 3. The van der Waals surface area contributed by atoms with E-state index in [4.69, 9.17) is 14.9 Å². The molecule has 0 aliphatic carbocycles. The molecule has 0 saturated carbocycles. The minimum atomic E-state index is -1.24. The summed E-state index contributed by atoms with van der Waals surface area (Å²) in [6.45, 7) is 5.95. The number of rotatable bonds is 9. The van der Waals surface area contributed by atoms with Crippen LogP contribution in [0.1, 0.15) is 54.4 Å². The van der Waals surface area contributed by atoms with Gasteiger partial charge in [-0.15, -0.1) is 11.3 Å². The Morgan fingerprint density at radius 2 is 1.69 bits per heavy atom. The van der Waals surface area contributed by atoms with Crippen molar-refractivity contribution in [2.24, 2.45) is 0 Å². The second-order valence-electron chi connectivity index (χ2n) is 6.04. The maximum absolute atomic E-state index is 12.6. The van der Waals surface area contributed by atoms with Gasteiger partial charge in [0.05, 0.1) is 5.56 Å². The lowest BCUT2D eigenvalue weighted by Crippen LogP contribution is -2.34. The second kappa shape index (κ2) is 8.67. The summed E-state index contributed by atoms with van der Waals surface area (Å²) in [4.78, 5) is 35.9. The molecule has 0 aliphatic rings. The number of carbonyl (C=O) groups excluding carboxylic acids is 1. The van der Waals surface area contributed by atoms with E-state index >= 15 is 0 Å². The van der Waals surface area contributed by atoms with Gasteiger partial charge >= 0.3 is 17.9 Å². The van der Waals surface area contributed by atoms with Crippen LogP contribution < -0.4 is 4.90 Å². The molecule has 1 aromatic rings. The fourth-order valence-corrected chi connectivity index (χ4v) is 3.37. The Morgan fingerprint density at radius 1 is 1.19 bits per heavy atom. The average Bonchev–Trinajstić information content (AvgIpc) is 2.89. The first-order valence-electron chi connectivity index (χ1n) is 8.03. The Hall–Kier alpha value is -2.60. The SMILES string of the molecule is CCC(C)(CC)OC(=O)c1sc(N(CC(=O)O)CC(=O)O)c(C#N)c1C. The van der Waals surface area contributed by atoms with Crippen LogP contribution >= 0.6 is 11.3 Å². The van der Waals surface area contributed by atoms with E-state index in [-0.39, 0.29) is 15.4 Å². The van der Waals surface area contributed by atoms with Gasteiger partial charge < -0.3 is 19.8 Å². The van der Waals surface area contributed by atoms with E-state index in [1.807, 2.05) is 19.9 Å². The summed E-state index contributed by atoms with van der Waals surface area (Å²) in [5.41, 5.74) is -0.213. The van der Waals surface area contributed by atoms with Gasteiger partial charge in [0.25, 0.3) is 0 Å². The number of nitrogens with zero attached hydrogens (tertiary/aromatic N) is 2. The molecule has 0 aromatic carbocycles. The minimum absolute atomic E-state index is 0.0825. The Balaban J connectivity index is 3.34. The molecule has 0 saturated heterocycles. The summed E-state index contributed by atoms with van der Waals surface area (Å²) in [7, 11) is 0. The Kier molecular flexibility index (Phi) is 7.15. The minimum Gasteiger partial charge on any atom is -0.480 e. The predicted octanol–water partition coefficient (Wildman–Crippen LogP) is 2.64. The maximum atomic E-state index is 12.6. The fraction of sp³-hybridized carbons (Fsp3) is 0.529. The third-order valence-electron chi connectivity index (χ3n) is 4.20. The molecule has 0 spiro atoms. The van der Waals surface area contributed by atoms with E-state index in [9.17, 15) is 19.6 Å². The lowest BCUT2D eigenvalue weighted by molar-refractivity contribution is -0.136. The van der Waals surface area contributed by atoms with Crippen molar-refractivity contribution in [3.63, 3.8) is 0 Å². The van der Waals surface area contributed by atoms with E-state index in [1.165, 1.54) is 0 Å². The summed E-state index contributed by atoms with van der Waals surface area (Å²) in [5, 5.41) is 27.6. The fourth-order valence-electron chi connectivity index (χ4n) is 2.24. The average molecular weight is 382 g/mol. The Bertz CT molecular complexity index is 729. The summed E-state index contributed by atoms with van der Waals surface area (Å²) < 4.78 is 5.57. The third kappa shape index (κ3) is 4.95. The van der Waals surface area contributed by atoms with Crippen LogP contribution in [-0.4, -0.2) is 46.8 Å². The topological polar surface area (TPSA) is 128 Å². The van der Waals surface area contributed by atoms with Crippen molar-refractivity contribution >= 4 is 34.2 Å². The van der Waals surface area contributed by atoms with Gasteiger partial charge in [-0.1, -0.05) is 13.8 Å². The molecular formula is C17H22N2O6S. The number of hydrogen-bond donors (Lipinski definition) is 2. The van der Waals surface area contributed by atoms with E-state index in [0.717, 1.165) is 16.2 Å². The highest BCUT2D eigenvalue weighted by Gasteiger charge is 2.30. The molecule has 0 aliphatic heterocycles. The highest BCUT2D eigenvalue weighted by atomic mass is 32.1. The molecule has 1 heterocycles. The van der Waals surface area contributed by atoms with Gasteiger partial charge in [-0.2, -0.15) is 5.26 Å². The van der Waals surface area contributed by atoms with Gasteiger partial charge in [-0.25, -0.2) is 4.79 Å². The third-order valence-corrected chi connectivity index (χ3v) is 5.53. The number of esters is 1. The maximum Gasteiger partial charge on any atom is 0.349 e. The van der Waals surface area contributed by atoms with Gasteiger partial charge in [0.15, 0.2) is 0 Å². The molecule has 1 rings (SSSR count). The van der Waals surface area contributed by atoms with E-state index in [0.29, 0.717) is 18.4 Å². The summed E-state index contributed by atoms with van der Waals surface area (Å²) in [5.74, 6) is -3.09. The number of carboxylic acids is 2. The molecule has 0 bridgehead atoms. The molecule has 9 heteroatoms. The molecule has 0 amide bonds. The summed E-state index contributed by atoms with van der Waals surface area (Å²) in [6, 6.07) is 1.93. The van der Waals surface area contributed by atoms with Crippen LogP contribution in [0.25, 0.3) is 0 Å². The van der Waals surface area contributed by atoms with Crippen LogP contribution in [0.15, 0.2) is 0 Å². The standard InChI is InChI=1S/C17H22N2O6S/c1-5-17(4,6-2)25-16(24)14-10(3)11(7-18)15(26-14)19(8-12(20)21)9-13(22)23/h5-6,8-9H2,1-4H3,(H,20,21)(H,22,23). The quantitative estimate of drug-likeness (QED) is 0.624. The van der Waals surface area contributed by atoms with Crippen molar-refractivity contribution in [2.45, 2.75) is 46.1 Å². The molecule has 0 unspecified atom stereocenters. The van der Waals surface area contributed by atoms with Gasteiger partial charge in [0.2, 0.25) is 0 Å². The summed E-state index contributed by atoms with van der Waals surface area (Å²) in [6.07, 6.45) is 1.23. The highest BCUT2D eigenvalue weighted by Crippen LogP contribution is 2.37. The Labute approximate surface area is 155 Å². The van der Waals surface area contributed by atoms with E-state index < -0.39 is 36.6 Å². The van der Waals surface area contributed by atoms with Crippen LogP contribution in [0.5, 0.6) is 0 Å². The van der Waals surface area contributed by atoms with Crippen LogP contribution in [0.3, 0.4) is 0 Å². The zero-order valence-corrected chi connectivity index (χ0v) is 16.0. The first kappa shape index (κ1) is 21.4. The predicted molar refractivity (Wildman–Crippen MR) is 95.7 cm³/mol. The smallest absolute Gasteiger partial charge is 0.349 e. The zero-order valence-electron chi connectivity index (χ0n) is 15.2. The molecule has 142 valence electrons. The van der Waals surface area contributed by atoms with Crippen molar-refractivity contribution in [2.75, 3.05) is 18.0 Å². The van der Waals surface area contributed by atoms with Crippen LogP contribution in [-0.2, 0) is 14.3 Å². The monoisotopic (exact) mass is 382 g/mol. The van der Waals surface area contributed by atoms with Crippen molar-refractivity contribution < 1.29 is 29.3 Å². The molecule has 0 atom stereocenters.